The van der Waals surface area contributed by atoms with Crippen LogP contribution in [0.3, 0.4) is 0 Å². The number of thioether (sulfide) groups is 1. The van der Waals surface area contributed by atoms with Crippen molar-refractivity contribution >= 4 is 22.7 Å². The summed E-state index contributed by atoms with van der Waals surface area (Å²) in [6.07, 6.45) is -4.05. The second-order valence-corrected chi connectivity index (χ2v) is 6.01. The zero-order chi connectivity index (χ0) is 14.4. The van der Waals surface area contributed by atoms with Crippen LogP contribution in [-0.2, 0) is 11.8 Å². The van der Waals surface area contributed by atoms with E-state index in [1.54, 1.807) is 36.0 Å². The first-order valence-corrected chi connectivity index (χ1v) is 7.33. The lowest BCUT2D eigenvalue weighted by molar-refractivity contribution is -0.141. The molecule has 1 unspecified atom stereocenters. The highest BCUT2D eigenvalue weighted by Crippen LogP contribution is 2.41. The smallest absolute Gasteiger partial charge is 0.384 e. The van der Waals surface area contributed by atoms with E-state index >= 15 is 0 Å². The number of fused-ring (bicyclic) bond motifs is 1. The van der Waals surface area contributed by atoms with Gasteiger partial charge in [0.05, 0.1) is 5.52 Å². The lowest BCUT2D eigenvalue weighted by atomic mass is 9.90. The Hall–Kier alpha value is -1.27. The third-order valence-electron chi connectivity index (χ3n) is 3.51. The fourth-order valence-corrected chi connectivity index (χ4v) is 3.74. The predicted octanol–water partition coefficient (Wildman–Crippen LogP) is 3.58. The largest absolute Gasteiger partial charge is 0.433 e. The van der Waals surface area contributed by atoms with Crippen molar-refractivity contribution in [2.45, 2.75) is 18.2 Å². The highest BCUT2D eigenvalue weighted by Gasteiger charge is 2.39. The Bertz CT molecular complexity index is 650. The van der Waals surface area contributed by atoms with Gasteiger partial charge in [-0.15, -0.1) is 0 Å². The lowest BCUT2D eigenvalue weighted by Gasteiger charge is -2.24. The first kappa shape index (κ1) is 13.7. The molecule has 2 aromatic rings. The molecule has 0 aliphatic carbocycles. The molecule has 1 aromatic heterocycles. The molecule has 0 saturated carbocycles. The number of aliphatic hydroxyl groups is 1. The van der Waals surface area contributed by atoms with Gasteiger partial charge < -0.3 is 5.11 Å². The highest BCUT2D eigenvalue weighted by atomic mass is 32.2. The summed E-state index contributed by atoms with van der Waals surface area (Å²) in [4.78, 5) is 3.67. The molecular weight excluding hydrogens is 287 g/mol. The van der Waals surface area contributed by atoms with Crippen molar-refractivity contribution in [2.24, 2.45) is 0 Å². The number of halogens is 3. The Balaban J connectivity index is 2.28. The van der Waals surface area contributed by atoms with Gasteiger partial charge >= 0.3 is 6.18 Å². The zero-order valence-electron chi connectivity index (χ0n) is 10.4. The van der Waals surface area contributed by atoms with Crippen molar-refractivity contribution in [3.05, 3.63) is 41.6 Å². The van der Waals surface area contributed by atoms with E-state index in [9.17, 15) is 18.3 Å². The molecule has 1 saturated heterocycles. The molecule has 2 heterocycles. The van der Waals surface area contributed by atoms with Crippen LogP contribution in [0.2, 0.25) is 0 Å². The van der Waals surface area contributed by atoms with Gasteiger partial charge in [0.1, 0.15) is 11.3 Å². The van der Waals surface area contributed by atoms with Crippen LogP contribution in [0.15, 0.2) is 30.3 Å². The summed E-state index contributed by atoms with van der Waals surface area (Å²) < 4.78 is 38.9. The molecular formula is C14H12F3NOS. The van der Waals surface area contributed by atoms with Crippen LogP contribution in [0.1, 0.15) is 17.7 Å². The summed E-state index contributed by atoms with van der Waals surface area (Å²) in [5, 5.41) is 11.2. The van der Waals surface area contributed by atoms with Crippen molar-refractivity contribution in [1.29, 1.82) is 0 Å². The standard InChI is InChI=1S/C14H12F3NOS/c15-14(16,17)12-7-10(13(19)5-6-20-8-13)9-3-1-2-4-11(9)18-12/h1-4,7,19H,5-6,8H2. The molecule has 2 nitrogen and oxygen atoms in total. The van der Waals surface area contributed by atoms with Gasteiger partial charge in [0.15, 0.2) is 0 Å². The van der Waals surface area contributed by atoms with Gasteiger partial charge in [0, 0.05) is 11.1 Å². The van der Waals surface area contributed by atoms with Gasteiger partial charge in [0.2, 0.25) is 0 Å². The Labute approximate surface area is 118 Å². The van der Waals surface area contributed by atoms with E-state index in [0.29, 0.717) is 23.1 Å². The van der Waals surface area contributed by atoms with Gasteiger partial charge in [0.25, 0.3) is 0 Å². The van der Waals surface area contributed by atoms with Gasteiger partial charge in [-0.25, -0.2) is 4.98 Å². The van der Waals surface area contributed by atoms with Crippen LogP contribution in [0, 0.1) is 0 Å². The molecule has 0 spiro atoms. The molecule has 6 heteroatoms. The zero-order valence-corrected chi connectivity index (χ0v) is 11.3. The molecule has 1 fully saturated rings. The third kappa shape index (κ3) is 2.27. The normalized spacial score (nSPS) is 23.4. The Morgan fingerprint density at radius 1 is 1.25 bits per heavy atom. The molecule has 3 rings (SSSR count). The summed E-state index contributed by atoms with van der Waals surface area (Å²) in [7, 11) is 0. The van der Waals surface area contributed by atoms with Gasteiger partial charge in [-0.05, 0) is 29.9 Å². The fraction of sp³-hybridized carbons (Fsp3) is 0.357. The minimum absolute atomic E-state index is 0.266. The molecule has 20 heavy (non-hydrogen) atoms. The predicted molar refractivity (Wildman–Crippen MR) is 72.6 cm³/mol. The van der Waals surface area contributed by atoms with E-state index in [4.69, 9.17) is 0 Å². The van der Waals surface area contributed by atoms with Crippen LogP contribution in [0.5, 0.6) is 0 Å². The average Bonchev–Trinajstić information content (AvgIpc) is 2.84. The lowest BCUT2D eigenvalue weighted by Crippen LogP contribution is -2.26. The van der Waals surface area contributed by atoms with Gasteiger partial charge in [-0.2, -0.15) is 24.9 Å². The Kier molecular flexibility index (Phi) is 3.17. The van der Waals surface area contributed by atoms with E-state index in [-0.39, 0.29) is 5.52 Å². The second kappa shape index (κ2) is 4.63. The number of hydrogen-bond donors (Lipinski definition) is 1. The summed E-state index contributed by atoms with van der Waals surface area (Å²) in [5.41, 5.74) is -1.55. The minimum Gasteiger partial charge on any atom is -0.384 e. The van der Waals surface area contributed by atoms with E-state index in [2.05, 4.69) is 4.98 Å². The third-order valence-corrected chi connectivity index (χ3v) is 4.68. The molecule has 1 aliphatic rings. The van der Waals surface area contributed by atoms with Crippen LogP contribution in [-0.4, -0.2) is 21.6 Å². The highest BCUT2D eigenvalue weighted by molar-refractivity contribution is 7.99. The maximum atomic E-state index is 13.0. The minimum atomic E-state index is -4.51. The topological polar surface area (TPSA) is 33.1 Å². The van der Waals surface area contributed by atoms with Crippen molar-refractivity contribution in [1.82, 2.24) is 4.98 Å². The van der Waals surface area contributed by atoms with Crippen LogP contribution < -0.4 is 0 Å². The van der Waals surface area contributed by atoms with Crippen molar-refractivity contribution in [3.63, 3.8) is 0 Å². The number of pyridine rings is 1. The van der Waals surface area contributed by atoms with Crippen LogP contribution in [0.4, 0.5) is 13.2 Å². The average molecular weight is 299 g/mol. The summed E-state index contributed by atoms with van der Waals surface area (Å²) in [5.74, 6) is 1.16. The van der Waals surface area contributed by atoms with E-state index < -0.39 is 17.5 Å². The SMILES string of the molecule is OC1(c2cc(C(F)(F)F)nc3ccccc23)CCSC1. The van der Waals surface area contributed by atoms with Gasteiger partial charge in [-0.1, -0.05) is 18.2 Å². The maximum absolute atomic E-state index is 13.0. The number of nitrogens with zero attached hydrogens (tertiary/aromatic N) is 1. The number of rotatable bonds is 1. The number of para-hydroxylation sites is 1. The van der Waals surface area contributed by atoms with Gasteiger partial charge in [-0.3, -0.25) is 0 Å². The van der Waals surface area contributed by atoms with E-state index in [1.165, 1.54) is 0 Å². The van der Waals surface area contributed by atoms with Crippen molar-refractivity contribution in [2.75, 3.05) is 11.5 Å². The summed E-state index contributed by atoms with van der Waals surface area (Å²) >= 11 is 1.55. The number of hydrogen-bond acceptors (Lipinski definition) is 3. The molecule has 1 N–H and O–H groups in total. The fourth-order valence-electron chi connectivity index (χ4n) is 2.47. The van der Waals surface area contributed by atoms with Crippen molar-refractivity contribution in [3.8, 4) is 0 Å². The van der Waals surface area contributed by atoms with Crippen molar-refractivity contribution < 1.29 is 18.3 Å². The number of benzene rings is 1. The first-order chi connectivity index (χ1) is 9.40. The Morgan fingerprint density at radius 3 is 2.65 bits per heavy atom. The molecule has 0 amide bonds. The number of alkyl halides is 3. The molecule has 1 atom stereocenters. The van der Waals surface area contributed by atoms with E-state index in [1.807, 2.05) is 0 Å². The molecule has 0 bridgehead atoms. The maximum Gasteiger partial charge on any atom is 0.433 e. The van der Waals surface area contributed by atoms with Crippen LogP contribution >= 0.6 is 11.8 Å². The number of aromatic nitrogens is 1. The summed E-state index contributed by atoms with van der Waals surface area (Å²) in [6.45, 7) is 0. The second-order valence-electron chi connectivity index (χ2n) is 4.90. The molecule has 0 radical (unpaired) electrons. The van der Waals surface area contributed by atoms with Crippen LogP contribution in [0.25, 0.3) is 10.9 Å². The Morgan fingerprint density at radius 2 is 2.00 bits per heavy atom. The quantitative estimate of drug-likeness (QED) is 0.873. The first-order valence-electron chi connectivity index (χ1n) is 6.18. The van der Waals surface area contributed by atoms with E-state index in [0.717, 1.165) is 11.8 Å². The molecule has 106 valence electrons. The summed E-state index contributed by atoms with van der Waals surface area (Å²) in [6, 6.07) is 7.63. The molecule has 1 aromatic carbocycles. The monoisotopic (exact) mass is 299 g/mol. The molecule has 1 aliphatic heterocycles.